The lowest BCUT2D eigenvalue weighted by Crippen LogP contribution is -2.51. The summed E-state index contributed by atoms with van der Waals surface area (Å²) in [6, 6.07) is 29.9. The van der Waals surface area contributed by atoms with Gasteiger partial charge in [-0.2, -0.15) is 13.5 Å². The number of rotatable bonds is 22. The number of aliphatic hydroxyl groups is 2. The summed E-state index contributed by atoms with van der Waals surface area (Å²) in [5.74, 6) is -1.31. The van der Waals surface area contributed by atoms with Crippen molar-refractivity contribution in [2.45, 2.75) is 172 Å². The lowest BCUT2D eigenvalue weighted by atomic mass is 10.0. The lowest BCUT2D eigenvalue weighted by Gasteiger charge is -2.28. The number of nitrogens with zero attached hydrogens (tertiary/aromatic N) is 10. The predicted molar refractivity (Wildman–Crippen MR) is 564 cm³/mol. The Hall–Kier alpha value is -6.61. The minimum absolute atomic E-state index is 0. The fourth-order valence-electron chi connectivity index (χ4n) is 10.3. The minimum Gasteiger partial charge on any atom is -0.481 e. The lowest BCUT2D eigenvalue weighted by molar-refractivity contribution is -0.150. The molecule has 0 saturated heterocycles. The van der Waals surface area contributed by atoms with Gasteiger partial charge in [-0.05, 0) is 251 Å². The Labute approximate surface area is 846 Å². The highest BCUT2D eigenvalue weighted by Crippen LogP contribution is 2.31. The number of aliphatic carboxylic acids is 2. The molecule has 8 atom stereocenters. The molecule has 129 heavy (non-hydrogen) atoms. The number of aromatic nitrogens is 10. The molecule has 0 spiro atoms. The number of fused-ring (bicyclic) bond motifs is 2. The molecule has 12 N–H and O–H groups in total. The highest BCUT2D eigenvalue weighted by molar-refractivity contribution is 9.11. The Morgan fingerprint density at radius 2 is 0.845 bits per heavy atom. The van der Waals surface area contributed by atoms with Crippen molar-refractivity contribution in [3.05, 3.63) is 188 Å². The van der Waals surface area contributed by atoms with E-state index in [2.05, 4.69) is 214 Å². The Kier molecular flexibility index (Phi) is 61.0. The van der Waals surface area contributed by atoms with E-state index in [1.807, 2.05) is 123 Å². The zero-order chi connectivity index (χ0) is 97.5. The molecular weight excluding hydrogens is 2210 g/mol. The van der Waals surface area contributed by atoms with Crippen molar-refractivity contribution in [3.63, 3.8) is 0 Å². The van der Waals surface area contributed by atoms with Crippen molar-refractivity contribution >= 4 is 312 Å². The van der Waals surface area contributed by atoms with Gasteiger partial charge in [0.15, 0.2) is 11.6 Å². The number of Topliss-reactive ketones (excluding diaryl/α,β-unsaturated/α-hetero) is 2. The van der Waals surface area contributed by atoms with Crippen LogP contribution in [0.2, 0.25) is 0 Å². The first-order valence-corrected chi connectivity index (χ1v) is 53.7. The van der Waals surface area contributed by atoms with Gasteiger partial charge in [-0.25, -0.2) is 39.9 Å². The van der Waals surface area contributed by atoms with Crippen molar-refractivity contribution in [2.75, 3.05) is 21.7 Å². The average molecular weight is 2310 g/mol. The summed E-state index contributed by atoms with van der Waals surface area (Å²) in [5.41, 5.74) is 16.0. The third-order valence-electron chi connectivity index (χ3n) is 16.3. The number of carbonyl (C=O) groups excluding carboxylic acids is 6. The zero-order valence-electron chi connectivity index (χ0n) is 72.1. The maximum atomic E-state index is 12.9. The van der Waals surface area contributed by atoms with Crippen LogP contribution in [0.25, 0.3) is 44.1 Å². The number of ketones is 2. The van der Waals surface area contributed by atoms with Crippen LogP contribution in [-0.4, -0.2) is 164 Å². The Morgan fingerprint density at radius 1 is 0.496 bits per heavy atom. The number of halogens is 4. The van der Waals surface area contributed by atoms with Crippen molar-refractivity contribution in [1.82, 2.24) is 54.3 Å². The van der Waals surface area contributed by atoms with E-state index in [-0.39, 0.29) is 79.2 Å². The smallest absolute Gasteiger partial charge is 0.323 e. The van der Waals surface area contributed by atoms with E-state index in [0.29, 0.717) is 64.9 Å². The molecule has 2 aromatic carbocycles. The molecule has 0 aliphatic heterocycles. The molecule has 0 aliphatic rings. The molecule has 10 aromatic rings. The van der Waals surface area contributed by atoms with Gasteiger partial charge in [0.25, 0.3) is 5.91 Å². The van der Waals surface area contributed by atoms with Crippen LogP contribution in [0.15, 0.2) is 165 Å². The molecule has 30 nitrogen and oxygen atoms in total. The van der Waals surface area contributed by atoms with Crippen molar-refractivity contribution in [1.29, 1.82) is 0 Å². The van der Waals surface area contributed by atoms with Gasteiger partial charge in [-0.15, -0.1) is 0 Å². The number of nitrogens with two attached hydrogens (primary N) is 2. The molecule has 0 unspecified atom stereocenters. The number of nitrogens with one attached hydrogen (secondary N) is 4. The number of carboxylic acids is 2. The first-order chi connectivity index (χ1) is 60.0. The second-order valence-corrected chi connectivity index (χ2v) is 42.3. The van der Waals surface area contributed by atoms with E-state index >= 15 is 0 Å². The van der Waals surface area contributed by atoms with E-state index in [0.717, 1.165) is 46.6 Å². The molecular formula is C80H98Br4N16O14S15. The summed E-state index contributed by atoms with van der Waals surface area (Å²) in [4.78, 5) is 128. The Morgan fingerprint density at radius 3 is 1.14 bits per heavy atom. The standard InChI is InChI=1S/C26H25BrN6O4.C17H15N3O3.C14H21BrN2O2.C9H12BrN3O2.C9H18O3.C5H5BrN2.S5.S4.S3.S2.H2S/c1-14(34)20-12-33(21-8-7-17(9-19(20)21)18-10-28-16(3)29-11-18)13-24(36)32-25(15(2)35)26(37)31-23-6-4-5-22(27)30-23;1-10(21)15-8-20(9-17(22)23)16-4-3-12(5-14(15)16)13-6-18-11(2)19-7-13;1-9(10(2)19-14(3,4)5)13(18)17-12-8-6-7-11(15)16-12;1-5(14)8(11)9(15)13-7-4-2-3-6(10)12-7;1-6(8(10)11)7(2)12-9(3,4)5;6-4-2-1-3-5(7)8-4;1-3-5-4-2;1-3-4-2;1-3-2;1-2;/h4-12,15,25,35H,13H2,1-3H3,(H,32,36)(H,30,31,37);3-8H,9H2,1-2H3,(H,22,23);6-10H,1-5H3,(H,16,17,18);2-5,8,14H,11H2,1H3,(H,12,13,15);6-7H,1-5H3,(H,10,11);1-3H,(H2,7,8);;;;;1H2/t15-,25+;;9-,10+;5-,8+;6-,7+;;;;;;/m1.010....../s1. The van der Waals surface area contributed by atoms with Gasteiger partial charge in [-0.1, -0.05) is 43.3 Å². The van der Waals surface area contributed by atoms with Gasteiger partial charge in [-0.3, -0.25) is 38.4 Å². The fourth-order valence-corrected chi connectivity index (χ4v) is 14.4. The summed E-state index contributed by atoms with van der Waals surface area (Å²) in [7, 11) is 7.21. The van der Waals surface area contributed by atoms with Crippen LogP contribution in [0.4, 0.5) is 23.3 Å². The molecule has 10 rings (SSSR count). The Balaban J connectivity index is 0.00000156. The topological polar surface area (TPSA) is 449 Å². The van der Waals surface area contributed by atoms with Crippen molar-refractivity contribution in [2.24, 2.45) is 17.6 Å². The van der Waals surface area contributed by atoms with Gasteiger partial charge < -0.3 is 71.8 Å². The maximum Gasteiger partial charge on any atom is 0.323 e. The largest absolute Gasteiger partial charge is 0.481 e. The monoisotopic (exact) mass is 2300 g/mol. The number of carboxylic acid groups (broad SMARTS) is 2. The first kappa shape index (κ1) is 122. The molecule has 0 bridgehead atoms. The molecule has 0 radical (unpaired) electrons. The van der Waals surface area contributed by atoms with Crippen LogP contribution in [-0.2, 0) is 194 Å². The van der Waals surface area contributed by atoms with Crippen molar-refractivity contribution in [3.8, 4) is 22.3 Å². The van der Waals surface area contributed by atoms with Gasteiger partial charge >= 0.3 is 11.9 Å². The number of benzene rings is 2. The van der Waals surface area contributed by atoms with Crippen molar-refractivity contribution < 1.29 is 68.3 Å². The number of anilines is 4. The number of aryl methyl sites for hydroxylation is 2. The van der Waals surface area contributed by atoms with E-state index in [1.165, 1.54) is 72.1 Å². The van der Waals surface area contributed by atoms with Crippen LogP contribution < -0.4 is 32.7 Å². The fraction of sp³-hybridized carbons (Fsp3) is 0.350. The van der Waals surface area contributed by atoms with Crippen LogP contribution in [0.5, 0.6) is 0 Å². The number of hydrogen-bond donors (Lipinski definition) is 10. The Bertz CT molecular complexity index is 5600. The van der Waals surface area contributed by atoms with Crippen LogP contribution in [0.1, 0.15) is 129 Å². The van der Waals surface area contributed by atoms with E-state index in [1.54, 1.807) is 116 Å². The van der Waals surface area contributed by atoms with E-state index in [9.17, 15) is 43.5 Å². The summed E-state index contributed by atoms with van der Waals surface area (Å²) in [5, 5.41) is 48.8. The third-order valence-corrected chi connectivity index (χ3v) is 24.7. The molecule has 4 amide bonds. The number of nitrogen functional groups attached to an aromatic ring is 1. The zero-order valence-corrected chi connectivity index (χ0v) is 90.9. The minimum atomic E-state index is -1.21. The maximum absolute atomic E-state index is 12.9. The highest BCUT2D eigenvalue weighted by atomic mass is 79.9. The van der Waals surface area contributed by atoms with Gasteiger partial charge in [0, 0.05) is 224 Å². The summed E-state index contributed by atoms with van der Waals surface area (Å²) in [6.07, 6.45) is 7.63. The van der Waals surface area contributed by atoms with E-state index < -0.39 is 59.9 Å². The van der Waals surface area contributed by atoms with Gasteiger partial charge in [0.05, 0.1) is 47.5 Å². The predicted octanol–water partition coefficient (Wildman–Crippen LogP) is 13.5. The van der Waals surface area contributed by atoms with Crippen LogP contribution in [0, 0.1) is 25.7 Å². The summed E-state index contributed by atoms with van der Waals surface area (Å²) >= 11 is 46.0. The normalized spacial score (nSPS) is 12.1. The van der Waals surface area contributed by atoms with Crippen LogP contribution in [0.3, 0.4) is 0 Å². The quantitative estimate of drug-likeness (QED) is 0.0222. The van der Waals surface area contributed by atoms with E-state index in [4.69, 9.17) is 36.3 Å². The molecule has 0 saturated carbocycles. The molecule has 49 heteroatoms. The second-order valence-electron chi connectivity index (χ2n) is 28.5. The third kappa shape index (κ3) is 48.8. The number of hydrogen-bond acceptors (Lipinski definition) is 30. The molecule has 0 fully saturated rings. The van der Waals surface area contributed by atoms with Gasteiger partial charge in [0.2, 0.25) is 17.7 Å². The van der Waals surface area contributed by atoms with Crippen LogP contribution >= 0.6 is 77.2 Å². The number of amides is 4. The molecule has 0 aliphatic carbocycles. The highest BCUT2D eigenvalue weighted by Gasteiger charge is 2.29. The number of ether oxygens (including phenoxy) is 2. The summed E-state index contributed by atoms with van der Waals surface area (Å²) in [6.45, 7) is 27.9. The SMILES string of the molecule is CC(=O)c1cn(CC(=O)N[C@H](C(=O)Nc2cccc(Br)n2)[C@@H](C)O)c2ccc(-c3cnc(C)nc3)cc12.CC(=O)c1cn(CC(=O)O)c2ccc(-c3cnc(C)nc3)cc12.C[C@@H](O)[C@H](N)C(=O)Nc1cccc(Br)n1.C[C@H](C(=O)Nc1cccc(Br)n1)[C@@H](C)OC(C)(C)C.C[C@H](C(=O)O)[C@@H](C)OC(C)(C)C.Nc1cccc(Br)n1.S.S=S.S=S=S.S=S=S=S.S=S=S=S=S. The van der Waals surface area contributed by atoms with Gasteiger partial charge in [0.1, 0.15) is 78.5 Å². The number of aliphatic hydroxyl groups excluding tert-OH is 2. The molecule has 8 heterocycles. The molecule has 700 valence electrons. The summed E-state index contributed by atoms with van der Waals surface area (Å²) < 4.78 is 17.1. The number of pyridine rings is 4. The number of carbonyl (C=O) groups is 8. The second kappa shape index (κ2) is 64.3. The first-order valence-electron chi connectivity index (χ1n) is 37.2. The molecule has 8 aromatic heterocycles. The average Bonchev–Trinajstić information content (AvgIpc) is 1.64.